The molecule has 3 aromatic heterocycles. The first-order chi connectivity index (χ1) is 9.70. The summed E-state index contributed by atoms with van der Waals surface area (Å²) in [7, 11) is 1.99. The van der Waals surface area contributed by atoms with Crippen molar-refractivity contribution >= 4 is 11.3 Å². The van der Waals surface area contributed by atoms with Crippen molar-refractivity contribution in [1.29, 1.82) is 0 Å². The van der Waals surface area contributed by atoms with Gasteiger partial charge in [-0.3, -0.25) is 4.90 Å². The molecule has 0 atom stereocenters. The van der Waals surface area contributed by atoms with Gasteiger partial charge in [-0.25, -0.2) is 0 Å². The maximum Gasteiger partial charge on any atom is 0.241 e. The summed E-state index contributed by atoms with van der Waals surface area (Å²) in [5.41, 5.74) is 0. The van der Waals surface area contributed by atoms with Crippen LogP contribution >= 0.6 is 11.3 Å². The molecule has 0 amide bonds. The van der Waals surface area contributed by atoms with E-state index in [0.717, 1.165) is 16.4 Å². The van der Waals surface area contributed by atoms with Crippen LogP contribution < -0.4 is 0 Å². The summed E-state index contributed by atoms with van der Waals surface area (Å²) in [4.78, 5) is 7.49. The van der Waals surface area contributed by atoms with E-state index in [4.69, 9.17) is 8.94 Å². The predicted octanol–water partition coefficient (Wildman–Crippen LogP) is 3.33. The summed E-state index contributed by atoms with van der Waals surface area (Å²) in [6.07, 6.45) is 0. The van der Waals surface area contributed by atoms with Crippen molar-refractivity contribution < 1.29 is 8.94 Å². The van der Waals surface area contributed by atoms with E-state index in [9.17, 15) is 0 Å². The Balaban J connectivity index is 1.63. The highest BCUT2D eigenvalue weighted by molar-refractivity contribution is 7.13. The van der Waals surface area contributed by atoms with Gasteiger partial charge in [0.2, 0.25) is 11.7 Å². The molecule has 0 N–H and O–H groups in total. The summed E-state index contributed by atoms with van der Waals surface area (Å²) in [5, 5.41) is 5.99. The lowest BCUT2D eigenvalue weighted by Gasteiger charge is -2.11. The molecule has 0 aliphatic rings. The predicted molar refractivity (Wildman–Crippen MR) is 76.2 cm³/mol. The van der Waals surface area contributed by atoms with Crippen molar-refractivity contribution in [2.24, 2.45) is 0 Å². The van der Waals surface area contributed by atoms with Crippen molar-refractivity contribution in [3.63, 3.8) is 0 Å². The lowest BCUT2D eigenvalue weighted by Crippen LogP contribution is -2.17. The summed E-state index contributed by atoms with van der Waals surface area (Å²) in [6.45, 7) is 3.25. The third-order valence-corrected chi connectivity index (χ3v) is 3.70. The van der Waals surface area contributed by atoms with E-state index in [1.807, 2.05) is 43.6 Å². The van der Waals surface area contributed by atoms with E-state index < -0.39 is 0 Å². The molecule has 0 spiro atoms. The first-order valence-corrected chi connectivity index (χ1v) is 7.19. The average Bonchev–Trinajstić information content (AvgIpc) is 3.10. The monoisotopic (exact) mass is 289 g/mol. The van der Waals surface area contributed by atoms with Crippen molar-refractivity contribution in [3.05, 3.63) is 47.1 Å². The van der Waals surface area contributed by atoms with Gasteiger partial charge in [-0.05, 0) is 37.6 Å². The second-order valence-electron chi connectivity index (χ2n) is 4.67. The van der Waals surface area contributed by atoms with Crippen molar-refractivity contribution in [1.82, 2.24) is 15.0 Å². The second kappa shape index (κ2) is 5.60. The van der Waals surface area contributed by atoms with Crippen LogP contribution in [-0.2, 0) is 13.1 Å². The zero-order valence-electron chi connectivity index (χ0n) is 11.4. The highest BCUT2D eigenvalue weighted by Crippen LogP contribution is 2.21. The summed E-state index contributed by atoms with van der Waals surface area (Å²) in [5.74, 6) is 3.12. The van der Waals surface area contributed by atoms with Gasteiger partial charge in [0.05, 0.1) is 18.0 Å². The van der Waals surface area contributed by atoms with Gasteiger partial charge in [-0.2, -0.15) is 4.98 Å². The topological polar surface area (TPSA) is 55.3 Å². The second-order valence-corrected chi connectivity index (χ2v) is 5.62. The Labute approximate surface area is 120 Å². The smallest absolute Gasteiger partial charge is 0.241 e. The molecule has 5 nitrogen and oxygen atoms in total. The number of hydrogen-bond acceptors (Lipinski definition) is 6. The van der Waals surface area contributed by atoms with Gasteiger partial charge in [0, 0.05) is 0 Å². The highest BCUT2D eigenvalue weighted by Gasteiger charge is 2.12. The van der Waals surface area contributed by atoms with Crippen LogP contribution in [0.15, 0.2) is 38.6 Å². The van der Waals surface area contributed by atoms with Gasteiger partial charge in [0.15, 0.2) is 0 Å². The van der Waals surface area contributed by atoms with Crippen LogP contribution in [-0.4, -0.2) is 22.1 Å². The van der Waals surface area contributed by atoms with E-state index in [-0.39, 0.29) is 0 Å². The number of thiophene rings is 1. The molecule has 20 heavy (non-hydrogen) atoms. The number of aromatic nitrogens is 2. The van der Waals surface area contributed by atoms with Gasteiger partial charge >= 0.3 is 0 Å². The molecule has 104 valence electrons. The summed E-state index contributed by atoms with van der Waals surface area (Å²) >= 11 is 1.60. The standard InChI is InChI=1S/C14H15N3O2S/c1-10-5-6-11(18-10)8-17(2)9-13-15-14(16-19-13)12-4-3-7-20-12/h3-7H,8-9H2,1-2H3. The summed E-state index contributed by atoms with van der Waals surface area (Å²) in [6, 6.07) is 7.90. The molecule has 0 aliphatic heterocycles. The zero-order chi connectivity index (χ0) is 13.9. The van der Waals surface area contributed by atoms with Crippen LogP contribution in [0.1, 0.15) is 17.4 Å². The van der Waals surface area contributed by atoms with Crippen LogP contribution in [0.2, 0.25) is 0 Å². The minimum absolute atomic E-state index is 0.595. The Morgan fingerprint density at radius 3 is 2.85 bits per heavy atom. The largest absolute Gasteiger partial charge is 0.465 e. The van der Waals surface area contributed by atoms with Gasteiger partial charge < -0.3 is 8.94 Å². The number of hydrogen-bond donors (Lipinski definition) is 0. The fourth-order valence-corrected chi connectivity index (χ4v) is 2.60. The van der Waals surface area contributed by atoms with E-state index in [1.165, 1.54) is 0 Å². The first kappa shape index (κ1) is 13.1. The van der Waals surface area contributed by atoms with Gasteiger partial charge in [0.1, 0.15) is 11.5 Å². The van der Waals surface area contributed by atoms with E-state index >= 15 is 0 Å². The van der Waals surface area contributed by atoms with Crippen LogP contribution in [0.3, 0.4) is 0 Å². The van der Waals surface area contributed by atoms with Crippen molar-refractivity contribution in [3.8, 4) is 10.7 Å². The van der Waals surface area contributed by atoms with Gasteiger partial charge in [0.25, 0.3) is 0 Å². The average molecular weight is 289 g/mol. The highest BCUT2D eigenvalue weighted by atomic mass is 32.1. The maximum atomic E-state index is 5.55. The lowest BCUT2D eigenvalue weighted by molar-refractivity contribution is 0.243. The van der Waals surface area contributed by atoms with Gasteiger partial charge in [-0.15, -0.1) is 11.3 Å². The Morgan fingerprint density at radius 1 is 1.25 bits per heavy atom. The fourth-order valence-electron chi connectivity index (χ4n) is 1.95. The Morgan fingerprint density at radius 2 is 2.15 bits per heavy atom. The molecule has 6 heteroatoms. The zero-order valence-corrected chi connectivity index (χ0v) is 12.2. The molecular formula is C14H15N3O2S. The van der Waals surface area contributed by atoms with Gasteiger partial charge in [-0.1, -0.05) is 11.2 Å². The lowest BCUT2D eigenvalue weighted by atomic mass is 10.4. The Hall–Kier alpha value is -1.92. The van der Waals surface area contributed by atoms with Crippen molar-refractivity contribution in [2.75, 3.05) is 7.05 Å². The molecule has 0 unspecified atom stereocenters. The minimum Gasteiger partial charge on any atom is -0.465 e. The molecular weight excluding hydrogens is 274 g/mol. The molecule has 3 heterocycles. The molecule has 0 radical (unpaired) electrons. The maximum absolute atomic E-state index is 5.55. The fraction of sp³-hybridized carbons (Fsp3) is 0.286. The third kappa shape index (κ3) is 2.97. The number of nitrogens with zero attached hydrogens (tertiary/aromatic N) is 3. The summed E-state index contributed by atoms with van der Waals surface area (Å²) < 4.78 is 10.8. The number of furan rings is 1. The minimum atomic E-state index is 0.595. The molecule has 3 aromatic rings. The first-order valence-electron chi connectivity index (χ1n) is 6.31. The van der Waals surface area contributed by atoms with Crippen molar-refractivity contribution in [2.45, 2.75) is 20.0 Å². The van der Waals surface area contributed by atoms with Crippen LogP contribution in [0.25, 0.3) is 10.7 Å². The number of rotatable bonds is 5. The number of aryl methyl sites for hydroxylation is 1. The SMILES string of the molecule is Cc1ccc(CN(C)Cc2nc(-c3cccs3)no2)o1. The van der Waals surface area contributed by atoms with E-state index in [2.05, 4.69) is 15.0 Å². The van der Waals surface area contributed by atoms with E-state index in [0.29, 0.717) is 24.8 Å². The quantitative estimate of drug-likeness (QED) is 0.721. The third-order valence-electron chi connectivity index (χ3n) is 2.84. The molecule has 0 aromatic carbocycles. The molecule has 3 rings (SSSR count). The molecule has 0 saturated heterocycles. The van der Waals surface area contributed by atoms with Crippen LogP contribution in [0, 0.1) is 6.92 Å². The Bertz CT molecular complexity index is 672. The molecule has 0 aliphatic carbocycles. The van der Waals surface area contributed by atoms with Crippen LogP contribution in [0.5, 0.6) is 0 Å². The molecule has 0 fully saturated rings. The molecule has 0 bridgehead atoms. The molecule has 0 saturated carbocycles. The van der Waals surface area contributed by atoms with Crippen LogP contribution in [0.4, 0.5) is 0 Å². The normalized spacial score (nSPS) is 11.3. The van der Waals surface area contributed by atoms with E-state index in [1.54, 1.807) is 11.3 Å². The Kier molecular flexibility index (Phi) is 3.66.